The third-order valence-electron chi connectivity index (χ3n) is 3.19. The van der Waals surface area contributed by atoms with Gasteiger partial charge < -0.3 is 10.2 Å². The molecule has 2 nitrogen and oxygen atoms in total. The molecular weight excluding hydrogens is 184 g/mol. The van der Waals surface area contributed by atoms with E-state index in [0.29, 0.717) is 5.41 Å². The van der Waals surface area contributed by atoms with Gasteiger partial charge in [0.2, 0.25) is 0 Å². The number of piperidine rings is 1. The Kier molecular flexibility index (Phi) is 8.07. The smallest absolute Gasteiger partial charge is 0.00476 e. The zero-order valence-corrected chi connectivity index (χ0v) is 11.4. The van der Waals surface area contributed by atoms with E-state index in [0.717, 1.165) is 0 Å². The van der Waals surface area contributed by atoms with E-state index in [9.17, 15) is 0 Å². The van der Waals surface area contributed by atoms with Crippen LogP contribution in [0.25, 0.3) is 0 Å². The first-order chi connectivity index (χ1) is 7.31. The van der Waals surface area contributed by atoms with Crippen LogP contribution >= 0.6 is 0 Å². The largest absolute Gasteiger partial charge is 0.316 e. The molecule has 2 saturated heterocycles. The predicted octanol–water partition coefficient (Wildman–Crippen LogP) is 2.74. The molecule has 0 amide bonds. The van der Waals surface area contributed by atoms with Crippen LogP contribution in [-0.2, 0) is 0 Å². The van der Waals surface area contributed by atoms with Gasteiger partial charge in [-0.3, -0.25) is 0 Å². The average molecular weight is 214 g/mol. The van der Waals surface area contributed by atoms with E-state index in [2.05, 4.69) is 17.3 Å². The zero-order chi connectivity index (χ0) is 11.7. The highest BCUT2D eigenvalue weighted by Crippen LogP contribution is 2.35. The highest BCUT2D eigenvalue weighted by atomic mass is 15.1. The molecule has 1 unspecified atom stereocenters. The lowest BCUT2D eigenvalue weighted by Gasteiger charge is -2.33. The Bertz CT molecular complexity index is 134. The first kappa shape index (κ1) is 14.9. The Morgan fingerprint density at radius 1 is 1.07 bits per heavy atom. The van der Waals surface area contributed by atoms with E-state index in [1.807, 2.05) is 27.7 Å². The van der Waals surface area contributed by atoms with Gasteiger partial charge in [-0.15, -0.1) is 0 Å². The maximum atomic E-state index is 3.51. The summed E-state index contributed by atoms with van der Waals surface area (Å²) in [6.45, 7) is 13.1. The maximum Gasteiger partial charge on any atom is 0.00476 e. The van der Waals surface area contributed by atoms with Crippen LogP contribution in [0.3, 0.4) is 0 Å². The van der Waals surface area contributed by atoms with Crippen molar-refractivity contribution in [1.29, 1.82) is 0 Å². The highest BCUT2D eigenvalue weighted by Gasteiger charge is 2.37. The Hall–Kier alpha value is -0.0800. The monoisotopic (exact) mass is 214 g/mol. The molecule has 0 aromatic rings. The van der Waals surface area contributed by atoms with Crippen LogP contribution in [-0.4, -0.2) is 38.1 Å². The van der Waals surface area contributed by atoms with Crippen molar-refractivity contribution in [3.63, 3.8) is 0 Å². The van der Waals surface area contributed by atoms with Crippen LogP contribution in [0.15, 0.2) is 0 Å². The minimum atomic E-state index is 0.660. The van der Waals surface area contributed by atoms with Crippen molar-refractivity contribution in [2.24, 2.45) is 5.41 Å². The maximum absolute atomic E-state index is 3.51. The van der Waals surface area contributed by atoms with Gasteiger partial charge in [-0.05, 0) is 44.8 Å². The Morgan fingerprint density at radius 3 is 2.13 bits per heavy atom. The highest BCUT2D eigenvalue weighted by molar-refractivity contribution is 4.92. The standard InChI is InChI=1S/C9H18N2.2C2H6/c1-11-6-4-9(8-11)3-2-5-10-7-9;2*1-2/h10H,2-8H2,1H3;2*1-2H3. The number of likely N-dealkylation sites (tertiary alicyclic amines) is 1. The van der Waals surface area contributed by atoms with E-state index in [1.165, 1.54) is 45.4 Å². The van der Waals surface area contributed by atoms with Gasteiger partial charge in [0, 0.05) is 13.1 Å². The molecule has 2 rings (SSSR count). The summed E-state index contributed by atoms with van der Waals surface area (Å²) in [5.74, 6) is 0. The molecule has 0 aliphatic carbocycles. The zero-order valence-electron chi connectivity index (χ0n) is 11.4. The molecular formula is C13H30N2. The number of hydrogen-bond donors (Lipinski definition) is 1. The van der Waals surface area contributed by atoms with Gasteiger partial charge >= 0.3 is 0 Å². The summed E-state index contributed by atoms with van der Waals surface area (Å²) in [7, 11) is 2.24. The van der Waals surface area contributed by atoms with E-state index in [1.54, 1.807) is 0 Å². The first-order valence-corrected chi connectivity index (χ1v) is 6.70. The van der Waals surface area contributed by atoms with Gasteiger partial charge in [0.1, 0.15) is 0 Å². The summed E-state index contributed by atoms with van der Waals surface area (Å²) in [5, 5.41) is 3.51. The second kappa shape index (κ2) is 8.12. The molecule has 0 aromatic heterocycles. The fourth-order valence-corrected chi connectivity index (χ4v) is 2.54. The third-order valence-corrected chi connectivity index (χ3v) is 3.19. The van der Waals surface area contributed by atoms with Crippen LogP contribution < -0.4 is 5.32 Å². The van der Waals surface area contributed by atoms with Gasteiger partial charge in [0.25, 0.3) is 0 Å². The minimum absolute atomic E-state index is 0.660. The quantitative estimate of drug-likeness (QED) is 0.667. The lowest BCUT2D eigenvalue weighted by molar-refractivity contribution is 0.213. The van der Waals surface area contributed by atoms with Crippen molar-refractivity contribution in [3.05, 3.63) is 0 Å². The summed E-state index contributed by atoms with van der Waals surface area (Å²) in [4.78, 5) is 2.47. The number of nitrogens with zero attached hydrogens (tertiary/aromatic N) is 1. The SMILES string of the molecule is CC.CC.CN1CCC2(CCCNC2)C1. The second-order valence-corrected chi connectivity index (χ2v) is 4.27. The van der Waals surface area contributed by atoms with Crippen molar-refractivity contribution in [2.45, 2.75) is 47.0 Å². The van der Waals surface area contributed by atoms with E-state index in [4.69, 9.17) is 0 Å². The van der Waals surface area contributed by atoms with Crippen molar-refractivity contribution in [2.75, 3.05) is 33.2 Å². The molecule has 1 spiro atoms. The lowest BCUT2D eigenvalue weighted by Crippen LogP contribution is -2.41. The molecule has 2 heterocycles. The Labute approximate surface area is 96.4 Å². The van der Waals surface area contributed by atoms with Gasteiger partial charge in [-0.25, -0.2) is 0 Å². The molecule has 0 aromatic carbocycles. The summed E-state index contributed by atoms with van der Waals surface area (Å²) in [6, 6.07) is 0. The molecule has 2 fully saturated rings. The van der Waals surface area contributed by atoms with E-state index in [-0.39, 0.29) is 0 Å². The third kappa shape index (κ3) is 4.52. The van der Waals surface area contributed by atoms with Crippen molar-refractivity contribution >= 4 is 0 Å². The topological polar surface area (TPSA) is 15.3 Å². The summed E-state index contributed by atoms with van der Waals surface area (Å²) in [6.07, 6.45) is 4.24. The summed E-state index contributed by atoms with van der Waals surface area (Å²) in [5.41, 5.74) is 0.660. The van der Waals surface area contributed by atoms with Crippen molar-refractivity contribution in [3.8, 4) is 0 Å². The first-order valence-electron chi connectivity index (χ1n) is 6.70. The van der Waals surface area contributed by atoms with Crippen LogP contribution in [0.2, 0.25) is 0 Å². The molecule has 2 heteroatoms. The Balaban J connectivity index is 0.000000442. The van der Waals surface area contributed by atoms with Crippen LogP contribution in [0.5, 0.6) is 0 Å². The molecule has 0 radical (unpaired) electrons. The fraction of sp³-hybridized carbons (Fsp3) is 1.00. The lowest BCUT2D eigenvalue weighted by atomic mass is 9.80. The molecule has 15 heavy (non-hydrogen) atoms. The second-order valence-electron chi connectivity index (χ2n) is 4.27. The van der Waals surface area contributed by atoms with E-state index < -0.39 is 0 Å². The van der Waals surface area contributed by atoms with Crippen LogP contribution in [0, 0.1) is 5.41 Å². The molecule has 2 aliphatic heterocycles. The minimum Gasteiger partial charge on any atom is -0.316 e. The Morgan fingerprint density at radius 2 is 1.73 bits per heavy atom. The molecule has 1 atom stereocenters. The molecule has 1 N–H and O–H groups in total. The van der Waals surface area contributed by atoms with Gasteiger partial charge in [0.15, 0.2) is 0 Å². The van der Waals surface area contributed by atoms with E-state index >= 15 is 0 Å². The van der Waals surface area contributed by atoms with Crippen molar-refractivity contribution < 1.29 is 0 Å². The number of nitrogens with one attached hydrogen (secondary N) is 1. The van der Waals surface area contributed by atoms with Crippen molar-refractivity contribution in [1.82, 2.24) is 10.2 Å². The van der Waals surface area contributed by atoms with Crippen LogP contribution in [0.4, 0.5) is 0 Å². The fourth-order valence-electron chi connectivity index (χ4n) is 2.54. The van der Waals surface area contributed by atoms with Gasteiger partial charge in [-0.2, -0.15) is 0 Å². The predicted molar refractivity (Wildman–Crippen MR) is 69.3 cm³/mol. The van der Waals surface area contributed by atoms with Gasteiger partial charge in [0.05, 0.1) is 0 Å². The molecule has 0 saturated carbocycles. The summed E-state index contributed by atoms with van der Waals surface area (Å²) >= 11 is 0. The number of hydrogen-bond acceptors (Lipinski definition) is 2. The molecule has 92 valence electrons. The average Bonchev–Trinajstić information content (AvgIpc) is 2.66. The molecule has 2 aliphatic rings. The van der Waals surface area contributed by atoms with Crippen LogP contribution in [0.1, 0.15) is 47.0 Å². The van der Waals surface area contributed by atoms with Gasteiger partial charge in [-0.1, -0.05) is 27.7 Å². The number of rotatable bonds is 0. The molecule has 0 bridgehead atoms. The normalized spacial score (nSPS) is 30.2. The summed E-state index contributed by atoms with van der Waals surface area (Å²) < 4.78 is 0.